The summed E-state index contributed by atoms with van der Waals surface area (Å²) >= 11 is 1.96. The van der Waals surface area contributed by atoms with Crippen molar-refractivity contribution >= 4 is 17.7 Å². The Morgan fingerprint density at radius 1 is 1.25 bits per heavy atom. The third kappa shape index (κ3) is 4.66. The van der Waals surface area contributed by atoms with Crippen LogP contribution in [0.1, 0.15) is 54.4 Å². The van der Waals surface area contributed by atoms with Crippen LogP contribution in [0.25, 0.3) is 0 Å². The zero-order valence-electron chi connectivity index (χ0n) is 14.0. The molecule has 3 unspecified atom stereocenters. The second kappa shape index (κ2) is 8.28. The van der Waals surface area contributed by atoms with E-state index in [2.05, 4.69) is 51.8 Å². The lowest BCUT2D eigenvalue weighted by atomic mass is 10.0. The molecule has 3 nitrogen and oxygen atoms in total. The van der Waals surface area contributed by atoms with Gasteiger partial charge in [-0.1, -0.05) is 34.6 Å². The fourth-order valence-electron chi connectivity index (χ4n) is 2.86. The van der Waals surface area contributed by atoms with E-state index in [0.29, 0.717) is 23.8 Å². The second-order valence-electron chi connectivity index (χ2n) is 6.62. The van der Waals surface area contributed by atoms with E-state index >= 15 is 0 Å². The number of rotatable bonds is 8. The van der Waals surface area contributed by atoms with E-state index in [1.807, 2.05) is 11.8 Å². The molecule has 1 aliphatic rings. The highest BCUT2D eigenvalue weighted by atomic mass is 32.2. The molecule has 1 saturated heterocycles. The molecule has 1 fully saturated rings. The summed E-state index contributed by atoms with van der Waals surface area (Å²) in [6.07, 6.45) is 2.23. The van der Waals surface area contributed by atoms with Crippen LogP contribution in [0.4, 0.5) is 0 Å². The molecule has 0 radical (unpaired) electrons. The third-order valence-corrected chi connectivity index (χ3v) is 4.85. The van der Waals surface area contributed by atoms with Crippen LogP contribution in [0, 0.1) is 11.8 Å². The van der Waals surface area contributed by atoms with Crippen LogP contribution in [-0.4, -0.2) is 40.6 Å². The second-order valence-corrected chi connectivity index (χ2v) is 8.01. The van der Waals surface area contributed by atoms with E-state index in [1.165, 1.54) is 0 Å². The van der Waals surface area contributed by atoms with Crippen LogP contribution in [-0.2, 0) is 4.79 Å². The van der Waals surface area contributed by atoms with Crippen LogP contribution >= 0.6 is 11.8 Å². The van der Waals surface area contributed by atoms with E-state index in [1.54, 1.807) is 0 Å². The standard InChI is InChI=1S/C16H32N2OS/c1-7-20-9-8-13(6)18-15(12(4)5)17-14(16(18)19)10-11(2)3/h11-15,17H,7-10H2,1-6H3. The van der Waals surface area contributed by atoms with Gasteiger partial charge in [-0.25, -0.2) is 0 Å². The Morgan fingerprint density at radius 3 is 2.40 bits per heavy atom. The van der Waals surface area contributed by atoms with Gasteiger partial charge in [-0.15, -0.1) is 0 Å². The van der Waals surface area contributed by atoms with E-state index in [4.69, 9.17) is 0 Å². The molecule has 118 valence electrons. The monoisotopic (exact) mass is 300 g/mol. The fourth-order valence-corrected chi connectivity index (χ4v) is 3.65. The molecule has 1 aliphatic heterocycles. The summed E-state index contributed by atoms with van der Waals surface area (Å²) in [6, 6.07) is 0.349. The molecule has 1 N–H and O–H groups in total. The van der Waals surface area contributed by atoms with Crippen LogP contribution < -0.4 is 5.32 Å². The molecule has 0 spiro atoms. The molecule has 3 atom stereocenters. The average molecular weight is 301 g/mol. The maximum Gasteiger partial charge on any atom is 0.241 e. The zero-order chi connectivity index (χ0) is 15.3. The number of hydrogen-bond donors (Lipinski definition) is 1. The Kier molecular flexibility index (Phi) is 7.38. The molecule has 1 amide bonds. The summed E-state index contributed by atoms with van der Waals surface area (Å²) in [7, 11) is 0. The van der Waals surface area contributed by atoms with E-state index < -0.39 is 0 Å². The summed E-state index contributed by atoms with van der Waals surface area (Å²) in [5.74, 6) is 3.61. The Balaban J connectivity index is 2.71. The molecular weight excluding hydrogens is 268 g/mol. The van der Waals surface area contributed by atoms with Crippen molar-refractivity contribution in [1.29, 1.82) is 0 Å². The third-order valence-electron chi connectivity index (χ3n) is 3.92. The number of carbonyl (C=O) groups is 1. The van der Waals surface area contributed by atoms with Crippen molar-refractivity contribution in [3.8, 4) is 0 Å². The Hall–Kier alpha value is -0.220. The summed E-state index contributed by atoms with van der Waals surface area (Å²) in [6.45, 7) is 13.1. The van der Waals surface area contributed by atoms with Crippen molar-refractivity contribution in [3.05, 3.63) is 0 Å². The first-order chi connectivity index (χ1) is 9.38. The number of thioether (sulfide) groups is 1. The molecule has 1 rings (SSSR count). The molecule has 20 heavy (non-hydrogen) atoms. The minimum absolute atomic E-state index is 0.0173. The van der Waals surface area contributed by atoms with Crippen molar-refractivity contribution in [3.63, 3.8) is 0 Å². The minimum atomic E-state index is 0.0173. The lowest BCUT2D eigenvalue weighted by Gasteiger charge is -2.32. The number of hydrogen-bond acceptors (Lipinski definition) is 3. The van der Waals surface area contributed by atoms with Gasteiger partial charge in [0.25, 0.3) is 0 Å². The first-order valence-electron chi connectivity index (χ1n) is 8.04. The van der Waals surface area contributed by atoms with Gasteiger partial charge in [0, 0.05) is 6.04 Å². The first kappa shape index (κ1) is 17.8. The highest BCUT2D eigenvalue weighted by Crippen LogP contribution is 2.25. The van der Waals surface area contributed by atoms with E-state index in [9.17, 15) is 4.79 Å². The molecule has 0 aromatic carbocycles. The maximum atomic E-state index is 12.7. The number of nitrogens with one attached hydrogen (secondary N) is 1. The van der Waals surface area contributed by atoms with Gasteiger partial charge in [0.1, 0.15) is 0 Å². The van der Waals surface area contributed by atoms with Gasteiger partial charge >= 0.3 is 0 Å². The number of nitrogens with zero attached hydrogens (tertiary/aromatic N) is 1. The van der Waals surface area contributed by atoms with Crippen LogP contribution in [0.15, 0.2) is 0 Å². The van der Waals surface area contributed by atoms with E-state index in [0.717, 1.165) is 24.3 Å². The van der Waals surface area contributed by atoms with Gasteiger partial charge in [0.2, 0.25) is 5.91 Å². The van der Waals surface area contributed by atoms with Gasteiger partial charge in [0.15, 0.2) is 0 Å². The number of carbonyl (C=O) groups excluding carboxylic acids is 1. The normalized spacial score (nSPS) is 25.0. The Morgan fingerprint density at radius 2 is 1.90 bits per heavy atom. The average Bonchev–Trinajstić information content (AvgIpc) is 2.66. The van der Waals surface area contributed by atoms with Crippen molar-refractivity contribution in [2.45, 2.75) is 72.6 Å². The zero-order valence-corrected chi connectivity index (χ0v) is 14.8. The molecule has 0 aromatic rings. The van der Waals surface area contributed by atoms with Crippen LogP contribution in [0.3, 0.4) is 0 Å². The van der Waals surface area contributed by atoms with Crippen molar-refractivity contribution < 1.29 is 4.79 Å². The van der Waals surface area contributed by atoms with Gasteiger partial charge in [-0.05, 0) is 43.1 Å². The van der Waals surface area contributed by atoms with Gasteiger partial charge in [-0.2, -0.15) is 11.8 Å². The van der Waals surface area contributed by atoms with E-state index in [-0.39, 0.29) is 12.2 Å². The van der Waals surface area contributed by atoms with Gasteiger partial charge in [0.05, 0.1) is 12.2 Å². The fraction of sp³-hybridized carbons (Fsp3) is 0.938. The number of amides is 1. The minimum Gasteiger partial charge on any atom is -0.323 e. The summed E-state index contributed by atoms with van der Waals surface area (Å²) < 4.78 is 0. The molecule has 0 bridgehead atoms. The molecule has 0 aliphatic carbocycles. The molecule has 0 saturated carbocycles. The first-order valence-corrected chi connectivity index (χ1v) is 9.19. The summed E-state index contributed by atoms with van der Waals surface area (Å²) in [5.41, 5.74) is 0. The summed E-state index contributed by atoms with van der Waals surface area (Å²) in [4.78, 5) is 14.8. The van der Waals surface area contributed by atoms with Crippen molar-refractivity contribution in [1.82, 2.24) is 10.2 Å². The van der Waals surface area contributed by atoms with Crippen LogP contribution in [0.2, 0.25) is 0 Å². The highest BCUT2D eigenvalue weighted by Gasteiger charge is 2.42. The Bertz CT molecular complexity index is 307. The molecule has 0 aromatic heterocycles. The quantitative estimate of drug-likeness (QED) is 0.698. The van der Waals surface area contributed by atoms with Crippen LogP contribution in [0.5, 0.6) is 0 Å². The SMILES string of the molecule is CCSCCC(C)N1C(=O)C(CC(C)C)NC1C(C)C. The Labute approximate surface area is 129 Å². The maximum absolute atomic E-state index is 12.7. The summed E-state index contributed by atoms with van der Waals surface area (Å²) in [5, 5.41) is 3.56. The topological polar surface area (TPSA) is 32.3 Å². The molecular formula is C16H32N2OS. The smallest absolute Gasteiger partial charge is 0.241 e. The van der Waals surface area contributed by atoms with Gasteiger partial charge in [-0.3, -0.25) is 10.1 Å². The predicted octanol–water partition coefficient (Wildman–Crippen LogP) is 3.35. The van der Waals surface area contributed by atoms with Gasteiger partial charge < -0.3 is 4.90 Å². The highest BCUT2D eigenvalue weighted by molar-refractivity contribution is 7.99. The predicted molar refractivity (Wildman–Crippen MR) is 88.9 cm³/mol. The molecule has 1 heterocycles. The van der Waals surface area contributed by atoms with Crippen molar-refractivity contribution in [2.75, 3.05) is 11.5 Å². The van der Waals surface area contributed by atoms with Crippen molar-refractivity contribution in [2.24, 2.45) is 11.8 Å². The lowest BCUT2D eigenvalue weighted by molar-refractivity contribution is -0.132. The largest absolute Gasteiger partial charge is 0.323 e. The molecule has 4 heteroatoms. The lowest BCUT2D eigenvalue weighted by Crippen LogP contribution is -2.46.